The molecule has 10 heteroatoms. The van der Waals surface area contributed by atoms with Gasteiger partial charge in [-0.2, -0.15) is 0 Å². The summed E-state index contributed by atoms with van der Waals surface area (Å²) < 4.78 is 1.63. The SMILES string of the molecule is CNC(=O)CCCCCC(NC(=O)c1cncs1)c1ncc(-c2cc3ccccc3n(C)c2=O)[nH]1. The van der Waals surface area contributed by atoms with Crippen LogP contribution in [0.15, 0.2) is 53.0 Å². The molecule has 0 radical (unpaired) electrons. The van der Waals surface area contributed by atoms with Crippen LogP contribution in [0.5, 0.6) is 0 Å². The molecule has 3 heterocycles. The van der Waals surface area contributed by atoms with Gasteiger partial charge in [-0.1, -0.05) is 31.0 Å². The molecule has 0 saturated heterocycles. The third kappa shape index (κ3) is 5.65. The van der Waals surface area contributed by atoms with E-state index in [9.17, 15) is 14.4 Å². The second-order valence-corrected chi connectivity index (χ2v) is 9.21. The summed E-state index contributed by atoms with van der Waals surface area (Å²) in [7, 11) is 3.38. The summed E-state index contributed by atoms with van der Waals surface area (Å²) >= 11 is 1.27. The molecule has 0 bridgehead atoms. The third-order valence-corrected chi connectivity index (χ3v) is 6.76. The summed E-state index contributed by atoms with van der Waals surface area (Å²) in [6, 6.07) is 9.20. The minimum Gasteiger partial charge on any atom is -0.359 e. The first-order valence-corrected chi connectivity index (χ1v) is 12.4. The number of aryl methyl sites for hydroxylation is 1. The number of thiazole rings is 1. The van der Waals surface area contributed by atoms with Gasteiger partial charge in [0.2, 0.25) is 5.91 Å². The standard InChI is InChI=1S/C25H28N6O3S/c1-26-22(32)11-5-3-4-9-18(30-24(33)21-14-27-15-35-21)23-28-13-19(29-23)17-12-16-8-6-7-10-20(16)31(2)25(17)34/h6-8,10,12-15,18H,3-5,9,11H2,1-2H3,(H,26,32)(H,28,29)(H,30,33). The molecule has 4 aromatic rings. The normalized spacial score (nSPS) is 11.9. The fourth-order valence-electron chi connectivity index (χ4n) is 4.04. The largest absolute Gasteiger partial charge is 0.359 e. The van der Waals surface area contributed by atoms with E-state index in [2.05, 4.69) is 25.6 Å². The van der Waals surface area contributed by atoms with Crippen LogP contribution >= 0.6 is 11.3 Å². The zero-order valence-corrected chi connectivity index (χ0v) is 20.5. The number of rotatable bonds is 10. The number of para-hydroxylation sites is 1. The van der Waals surface area contributed by atoms with Gasteiger partial charge in [-0.15, -0.1) is 11.3 Å². The molecule has 182 valence electrons. The van der Waals surface area contributed by atoms with Crippen molar-refractivity contribution >= 4 is 34.1 Å². The van der Waals surface area contributed by atoms with Gasteiger partial charge in [-0.05, 0) is 30.4 Å². The number of carbonyl (C=O) groups is 2. The van der Waals surface area contributed by atoms with Gasteiger partial charge >= 0.3 is 0 Å². The number of imidazole rings is 1. The molecule has 0 spiro atoms. The van der Waals surface area contributed by atoms with E-state index >= 15 is 0 Å². The van der Waals surface area contributed by atoms with E-state index in [0.717, 1.165) is 30.2 Å². The molecular weight excluding hydrogens is 464 g/mol. The molecule has 1 aromatic carbocycles. The second kappa shape index (κ2) is 11.1. The quantitative estimate of drug-likeness (QED) is 0.292. The van der Waals surface area contributed by atoms with Crippen molar-refractivity contribution in [3.05, 3.63) is 69.3 Å². The van der Waals surface area contributed by atoms with Gasteiger partial charge in [0.1, 0.15) is 10.7 Å². The van der Waals surface area contributed by atoms with Crippen LogP contribution in [0.1, 0.15) is 53.6 Å². The molecule has 0 fully saturated rings. The van der Waals surface area contributed by atoms with Crippen LogP contribution in [0, 0.1) is 0 Å². The summed E-state index contributed by atoms with van der Waals surface area (Å²) in [6.45, 7) is 0. The van der Waals surface area contributed by atoms with E-state index < -0.39 is 0 Å². The lowest BCUT2D eigenvalue weighted by molar-refractivity contribution is -0.120. The fraction of sp³-hybridized carbons (Fsp3) is 0.320. The molecule has 0 aliphatic rings. The number of hydrogen-bond acceptors (Lipinski definition) is 6. The Kier molecular flexibility index (Phi) is 7.71. The summed E-state index contributed by atoms with van der Waals surface area (Å²) in [5, 5.41) is 6.62. The number of nitrogens with zero attached hydrogens (tertiary/aromatic N) is 3. The molecule has 0 aliphatic heterocycles. The van der Waals surface area contributed by atoms with Crippen molar-refractivity contribution in [2.24, 2.45) is 7.05 Å². The Balaban J connectivity index is 1.56. The van der Waals surface area contributed by atoms with Crippen molar-refractivity contribution in [2.75, 3.05) is 7.05 Å². The van der Waals surface area contributed by atoms with E-state index in [-0.39, 0.29) is 23.4 Å². The van der Waals surface area contributed by atoms with Gasteiger partial charge in [0, 0.05) is 20.5 Å². The van der Waals surface area contributed by atoms with Crippen LogP contribution in [-0.4, -0.2) is 38.4 Å². The van der Waals surface area contributed by atoms with Gasteiger partial charge in [0.15, 0.2) is 0 Å². The molecular formula is C25H28N6O3S. The number of amides is 2. The number of nitrogens with one attached hydrogen (secondary N) is 3. The van der Waals surface area contributed by atoms with Crippen LogP contribution in [0.2, 0.25) is 0 Å². The second-order valence-electron chi connectivity index (χ2n) is 8.33. The lowest BCUT2D eigenvalue weighted by atomic mass is 10.1. The smallest absolute Gasteiger partial charge is 0.263 e. The molecule has 1 unspecified atom stereocenters. The fourth-order valence-corrected chi connectivity index (χ4v) is 4.56. The maximum absolute atomic E-state index is 13.0. The molecule has 9 nitrogen and oxygen atoms in total. The van der Waals surface area contributed by atoms with Crippen molar-refractivity contribution in [3.8, 4) is 11.3 Å². The zero-order valence-electron chi connectivity index (χ0n) is 19.7. The molecule has 1 atom stereocenters. The average Bonchev–Trinajstić information content (AvgIpc) is 3.58. The number of H-pyrrole nitrogens is 1. The summed E-state index contributed by atoms with van der Waals surface area (Å²) in [4.78, 5) is 49.5. The highest BCUT2D eigenvalue weighted by Gasteiger charge is 2.21. The van der Waals surface area contributed by atoms with Gasteiger partial charge in [0.25, 0.3) is 11.5 Å². The maximum Gasteiger partial charge on any atom is 0.263 e. The predicted octanol–water partition coefficient (Wildman–Crippen LogP) is 3.55. The van der Waals surface area contributed by atoms with Gasteiger partial charge in [-0.25, -0.2) is 4.98 Å². The van der Waals surface area contributed by atoms with Crippen molar-refractivity contribution in [2.45, 2.75) is 38.1 Å². The number of aromatic nitrogens is 4. The Morgan fingerprint density at radius 3 is 2.77 bits per heavy atom. The summed E-state index contributed by atoms with van der Waals surface area (Å²) in [5.41, 5.74) is 3.46. The summed E-state index contributed by atoms with van der Waals surface area (Å²) in [6.07, 6.45) is 6.71. The number of benzene rings is 1. The zero-order chi connectivity index (χ0) is 24.8. The van der Waals surface area contributed by atoms with Crippen LogP contribution in [0.25, 0.3) is 22.2 Å². The number of pyridine rings is 1. The highest BCUT2D eigenvalue weighted by Crippen LogP contribution is 2.24. The number of unbranched alkanes of at least 4 members (excludes halogenated alkanes) is 2. The number of fused-ring (bicyclic) bond motifs is 1. The van der Waals surface area contributed by atoms with Crippen LogP contribution in [-0.2, 0) is 11.8 Å². The van der Waals surface area contributed by atoms with E-state index in [4.69, 9.17) is 0 Å². The third-order valence-electron chi connectivity index (χ3n) is 5.99. The lowest BCUT2D eigenvalue weighted by Gasteiger charge is -2.16. The van der Waals surface area contributed by atoms with Crippen LogP contribution < -0.4 is 16.2 Å². The number of carbonyl (C=O) groups excluding carboxylic acids is 2. The number of aromatic amines is 1. The molecule has 4 rings (SSSR count). The van der Waals surface area contributed by atoms with Crippen molar-refractivity contribution < 1.29 is 9.59 Å². The molecule has 2 amide bonds. The Labute approximate surface area is 206 Å². The van der Waals surface area contributed by atoms with Gasteiger partial charge in [-0.3, -0.25) is 19.4 Å². The monoisotopic (exact) mass is 492 g/mol. The first kappa shape index (κ1) is 24.3. The first-order valence-electron chi connectivity index (χ1n) is 11.5. The highest BCUT2D eigenvalue weighted by atomic mass is 32.1. The first-order chi connectivity index (χ1) is 17.0. The Morgan fingerprint density at radius 1 is 1.17 bits per heavy atom. The molecule has 0 saturated carbocycles. The topological polar surface area (TPSA) is 122 Å². The molecule has 0 aliphatic carbocycles. The minimum atomic E-state index is -0.373. The van der Waals surface area contributed by atoms with E-state index in [1.807, 2.05) is 30.3 Å². The molecule has 3 N–H and O–H groups in total. The van der Waals surface area contributed by atoms with Crippen LogP contribution in [0.4, 0.5) is 0 Å². The Hall–Kier alpha value is -3.79. The minimum absolute atomic E-state index is 0.0210. The molecule has 3 aromatic heterocycles. The van der Waals surface area contributed by atoms with Crippen molar-refractivity contribution in [1.29, 1.82) is 0 Å². The summed E-state index contributed by atoms with van der Waals surface area (Å²) in [5.74, 6) is 0.384. The average molecular weight is 493 g/mol. The van der Waals surface area contributed by atoms with Gasteiger partial charge < -0.3 is 20.2 Å². The van der Waals surface area contributed by atoms with Crippen LogP contribution in [0.3, 0.4) is 0 Å². The Bertz CT molecular complexity index is 1380. The van der Waals surface area contributed by atoms with E-state index in [1.54, 1.807) is 30.4 Å². The highest BCUT2D eigenvalue weighted by molar-refractivity contribution is 7.11. The number of hydrogen-bond donors (Lipinski definition) is 3. The van der Waals surface area contributed by atoms with Gasteiger partial charge in [0.05, 0.1) is 40.7 Å². The lowest BCUT2D eigenvalue weighted by Crippen LogP contribution is -2.29. The molecule has 35 heavy (non-hydrogen) atoms. The van der Waals surface area contributed by atoms with E-state index in [1.165, 1.54) is 17.5 Å². The van der Waals surface area contributed by atoms with Crippen molar-refractivity contribution in [1.82, 2.24) is 30.2 Å². The van der Waals surface area contributed by atoms with E-state index in [0.29, 0.717) is 34.8 Å². The maximum atomic E-state index is 13.0. The predicted molar refractivity (Wildman–Crippen MR) is 136 cm³/mol. The Morgan fingerprint density at radius 2 is 2.00 bits per heavy atom. The van der Waals surface area contributed by atoms with Crippen molar-refractivity contribution in [3.63, 3.8) is 0 Å².